The normalized spacial score (nSPS) is 10.9. The first-order valence-electron chi connectivity index (χ1n) is 10.5. The summed E-state index contributed by atoms with van der Waals surface area (Å²) >= 11 is 0.976. The van der Waals surface area contributed by atoms with E-state index >= 15 is 0 Å². The van der Waals surface area contributed by atoms with Crippen molar-refractivity contribution in [2.24, 2.45) is 0 Å². The number of amides is 1. The summed E-state index contributed by atoms with van der Waals surface area (Å²) in [6.45, 7) is 9.31. The SMILES string of the molecule is CCOC(=O)c1c(NC(=O)/C=C/c2ccc(OCC)c(OC)c2)sc(C(=O)OC(C)C)c1C. The second kappa shape index (κ2) is 12.1. The molecule has 0 fully saturated rings. The van der Waals surface area contributed by atoms with Crippen LogP contribution in [0.3, 0.4) is 0 Å². The van der Waals surface area contributed by atoms with E-state index in [2.05, 4.69) is 5.32 Å². The maximum atomic E-state index is 12.6. The lowest BCUT2D eigenvalue weighted by Crippen LogP contribution is -2.13. The Hall–Kier alpha value is -3.33. The minimum Gasteiger partial charge on any atom is -0.493 e. The van der Waals surface area contributed by atoms with Gasteiger partial charge in [0.25, 0.3) is 0 Å². The van der Waals surface area contributed by atoms with Crippen molar-refractivity contribution in [2.75, 3.05) is 25.6 Å². The summed E-state index contributed by atoms with van der Waals surface area (Å²) in [6.07, 6.45) is 2.61. The summed E-state index contributed by atoms with van der Waals surface area (Å²) in [7, 11) is 1.54. The van der Waals surface area contributed by atoms with Gasteiger partial charge in [-0.3, -0.25) is 4.79 Å². The molecule has 178 valence electrons. The first kappa shape index (κ1) is 25.9. The zero-order chi connectivity index (χ0) is 24.5. The Labute approximate surface area is 197 Å². The monoisotopic (exact) mass is 475 g/mol. The largest absolute Gasteiger partial charge is 0.493 e. The number of ether oxygens (including phenoxy) is 4. The number of nitrogens with one attached hydrogen (secondary N) is 1. The molecule has 2 aromatic rings. The average molecular weight is 476 g/mol. The van der Waals surface area contributed by atoms with Crippen molar-refractivity contribution in [3.05, 3.63) is 45.8 Å². The number of anilines is 1. The van der Waals surface area contributed by atoms with Gasteiger partial charge in [0.2, 0.25) is 5.91 Å². The lowest BCUT2D eigenvalue weighted by molar-refractivity contribution is -0.111. The van der Waals surface area contributed by atoms with Gasteiger partial charge in [0, 0.05) is 6.08 Å². The number of thiophene rings is 1. The number of rotatable bonds is 10. The van der Waals surface area contributed by atoms with Crippen LogP contribution in [-0.2, 0) is 14.3 Å². The van der Waals surface area contributed by atoms with Crippen molar-refractivity contribution in [3.63, 3.8) is 0 Å². The second-order valence-electron chi connectivity index (χ2n) is 7.10. The third-order valence-electron chi connectivity index (χ3n) is 4.31. The highest BCUT2D eigenvalue weighted by Gasteiger charge is 2.27. The number of methoxy groups -OCH3 is 1. The fourth-order valence-electron chi connectivity index (χ4n) is 2.90. The summed E-state index contributed by atoms with van der Waals surface area (Å²) in [5.74, 6) is -0.499. The first-order chi connectivity index (χ1) is 15.7. The fourth-order valence-corrected chi connectivity index (χ4v) is 3.98. The van der Waals surface area contributed by atoms with Crippen LogP contribution in [0.2, 0.25) is 0 Å². The molecule has 0 bridgehead atoms. The van der Waals surface area contributed by atoms with Crippen LogP contribution in [0, 0.1) is 6.92 Å². The molecular formula is C24H29NO7S. The fraction of sp³-hybridized carbons (Fsp3) is 0.375. The van der Waals surface area contributed by atoms with Gasteiger partial charge in [-0.1, -0.05) is 6.07 Å². The van der Waals surface area contributed by atoms with Crippen LogP contribution in [0.4, 0.5) is 5.00 Å². The molecule has 0 aliphatic heterocycles. The Balaban J connectivity index is 2.28. The minimum atomic E-state index is -0.620. The predicted octanol–water partition coefficient (Wildman–Crippen LogP) is 4.86. The smallest absolute Gasteiger partial charge is 0.348 e. The van der Waals surface area contributed by atoms with Crippen LogP contribution in [0.1, 0.15) is 58.9 Å². The number of esters is 2. The average Bonchev–Trinajstić information content (AvgIpc) is 3.08. The molecule has 0 saturated carbocycles. The van der Waals surface area contributed by atoms with Gasteiger partial charge in [-0.05, 0) is 64.0 Å². The molecule has 2 rings (SSSR count). The van der Waals surface area contributed by atoms with Crippen molar-refractivity contribution < 1.29 is 33.3 Å². The Morgan fingerprint density at radius 3 is 2.42 bits per heavy atom. The lowest BCUT2D eigenvalue weighted by Gasteiger charge is -2.09. The summed E-state index contributed by atoms with van der Waals surface area (Å²) in [6, 6.07) is 5.29. The molecule has 0 aliphatic rings. The molecule has 8 nitrogen and oxygen atoms in total. The third kappa shape index (κ3) is 6.82. The Morgan fingerprint density at radius 1 is 1.09 bits per heavy atom. The first-order valence-corrected chi connectivity index (χ1v) is 11.3. The zero-order valence-electron chi connectivity index (χ0n) is 19.6. The topological polar surface area (TPSA) is 100 Å². The number of carbonyl (C=O) groups excluding carboxylic acids is 3. The van der Waals surface area contributed by atoms with Gasteiger partial charge < -0.3 is 24.3 Å². The van der Waals surface area contributed by atoms with Gasteiger partial charge >= 0.3 is 11.9 Å². The van der Waals surface area contributed by atoms with Crippen LogP contribution in [0.25, 0.3) is 6.08 Å². The highest BCUT2D eigenvalue weighted by Crippen LogP contribution is 2.34. The molecule has 0 atom stereocenters. The molecule has 0 saturated heterocycles. The molecule has 1 aromatic carbocycles. The quantitative estimate of drug-likeness (QED) is 0.387. The highest BCUT2D eigenvalue weighted by atomic mass is 32.1. The molecule has 0 spiro atoms. The molecule has 1 N–H and O–H groups in total. The minimum absolute atomic E-state index is 0.141. The van der Waals surface area contributed by atoms with Gasteiger partial charge in [0.05, 0.1) is 32.0 Å². The van der Waals surface area contributed by atoms with E-state index in [1.54, 1.807) is 52.0 Å². The lowest BCUT2D eigenvalue weighted by atomic mass is 10.1. The van der Waals surface area contributed by atoms with Crippen LogP contribution in [0.5, 0.6) is 11.5 Å². The van der Waals surface area contributed by atoms with Gasteiger partial charge in [0.1, 0.15) is 9.88 Å². The van der Waals surface area contributed by atoms with E-state index < -0.39 is 17.8 Å². The number of hydrogen-bond donors (Lipinski definition) is 1. The molecule has 0 unspecified atom stereocenters. The third-order valence-corrected chi connectivity index (χ3v) is 5.49. The van der Waals surface area contributed by atoms with Gasteiger partial charge in [-0.2, -0.15) is 0 Å². The molecule has 0 radical (unpaired) electrons. The summed E-state index contributed by atoms with van der Waals surface area (Å²) in [4.78, 5) is 37.8. The van der Waals surface area contributed by atoms with Gasteiger partial charge in [-0.25, -0.2) is 9.59 Å². The predicted molar refractivity (Wildman–Crippen MR) is 127 cm³/mol. The van der Waals surface area contributed by atoms with Crippen LogP contribution in [-0.4, -0.2) is 44.3 Å². The van der Waals surface area contributed by atoms with Gasteiger partial charge in [0.15, 0.2) is 11.5 Å². The summed E-state index contributed by atoms with van der Waals surface area (Å²) < 4.78 is 21.2. The van der Waals surface area contributed by atoms with E-state index in [9.17, 15) is 14.4 Å². The number of benzene rings is 1. The van der Waals surface area contributed by atoms with E-state index in [1.165, 1.54) is 13.2 Å². The highest BCUT2D eigenvalue weighted by molar-refractivity contribution is 7.18. The molecule has 1 heterocycles. The van der Waals surface area contributed by atoms with Gasteiger partial charge in [-0.15, -0.1) is 11.3 Å². The number of carbonyl (C=O) groups is 3. The summed E-state index contributed by atoms with van der Waals surface area (Å²) in [5, 5.41) is 2.90. The van der Waals surface area contributed by atoms with E-state index in [0.29, 0.717) is 23.7 Å². The Bertz CT molecular complexity index is 1040. The van der Waals surface area contributed by atoms with E-state index in [1.807, 2.05) is 6.92 Å². The van der Waals surface area contributed by atoms with Crippen molar-refractivity contribution in [1.29, 1.82) is 0 Å². The molecule has 1 aromatic heterocycles. The van der Waals surface area contributed by atoms with E-state index in [4.69, 9.17) is 18.9 Å². The molecule has 0 aliphatic carbocycles. The van der Waals surface area contributed by atoms with Crippen LogP contribution in [0.15, 0.2) is 24.3 Å². The Kier molecular flexibility index (Phi) is 9.47. The maximum absolute atomic E-state index is 12.6. The van der Waals surface area contributed by atoms with Crippen molar-refractivity contribution in [1.82, 2.24) is 0 Å². The van der Waals surface area contributed by atoms with Crippen molar-refractivity contribution in [2.45, 2.75) is 40.7 Å². The second-order valence-corrected chi connectivity index (χ2v) is 8.12. The van der Waals surface area contributed by atoms with Crippen LogP contribution >= 0.6 is 11.3 Å². The molecule has 1 amide bonds. The van der Waals surface area contributed by atoms with Crippen molar-refractivity contribution >= 4 is 40.3 Å². The number of hydrogen-bond acceptors (Lipinski definition) is 8. The van der Waals surface area contributed by atoms with Crippen molar-refractivity contribution in [3.8, 4) is 11.5 Å². The molecule has 9 heteroatoms. The molecular weight excluding hydrogens is 446 g/mol. The van der Waals surface area contributed by atoms with E-state index in [-0.39, 0.29) is 28.2 Å². The zero-order valence-corrected chi connectivity index (χ0v) is 20.5. The maximum Gasteiger partial charge on any atom is 0.348 e. The Morgan fingerprint density at radius 2 is 1.82 bits per heavy atom. The standard InChI is InChI=1S/C24H29NO7S/c1-7-30-17-11-9-16(13-18(17)29-6)10-12-19(26)25-22-20(23(27)31-8-2)15(5)21(33-22)24(28)32-14(3)4/h9-14H,7-8H2,1-6H3,(H,25,26)/b12-10+. The summed E-state index contributed by atoms with van der Waals surface area (Å²) in [5.41, 5.74) is 1.27. The molecule has 33 heavy (non-hydrogen) atoms. The van der Waals surface area contributed by atoms with Crippen LogP contribution < -0.4 is 14.8 Å². The van der Waals surface area contributed by atoms with E-state index in [0.717, 1.165) is 16.9 Å².